The third-order valence-corrected chi connectivity index (χ3v) is 7.64. The lowest BCUT2D eigenvalue weighted by Crippen LogP contribution is -2.39. The van der Waals surface area contributed by atoms with E-state index in [0.717, 1.165) is 11.1 Å². The van der Waals surface area contributed by atoms with Crippen LogP contribution in [0.15, 0.2) is 80.1 Å². The maximum Gasteiger partial charge on any atom is 0.271 e. The molecule has 9 heteroatoms. The molecule has 176 valence electrons. The van der Waals surface area contributed by atoms with Gasteiger partial charge >= 0.3 is 0 Å². The highest BCUT2D eigenvalue weighted by Gasteiger charge is 2.33. The summed E-state index contributed by atoms with van der Waals surface area (Å²) >= 11 is 19.5. The molecule has 1 aliphatic rings. The second kappa shape index (κ2) is 9.28. The molecule has 5 rings (SSSR count). The summed E-state index contributed by atoms with van der Waals surface area (Å²) in [5.74, 6) is 0.805. The first-order valence-corrected chi connectivity index (χ1v) is 12.5. The van der Waals surface area contributed by atoms with Gasteiger partial charge in [-0.1, -0.05) is 58.3 Å². The molecular formula is C26H17Cl3N2O3S. The van der Waals surface area contributed by atoms with E-state index in [-0.39, 0.29) is 11.3 Å². The van der Waals surface area contributed by atoms with Crippen molar-refractivity contribution in [2.45, 2.75) is 19.9 Å². The number of Topliss-reactive ketones (excluding diaryl/α,β-unsaturated/α-hetero) is 1. The molecule has 0 unspecified atom stereocenters. The van der Waals surface area contributed by atoms with Crippen molar-refractivity contribution >= 4 is 58.0 Å². The first kappa shape index (κ1) is 23.8. The van der Waals surface area contributed by atoms with E-state index in [9.17, 15) is 9.59 Å². The molecule has 3 heterocycles. The SMILES string of the molecule is CC(=O)C1=C(C)N=c2s/c(=C/c3ccc(Cl)cc3)c(=O)n2[C@@H]1c1ccc(-c2ccc(Cl)c(Cl)c2)o1. The number of ketones is 1. The van der Waals surface area contributed by atoms with Crippen LogP contribution in [0.1, 0.15) is 31.2 Å². The van der Waals surface area contributed by atoms with Crippen LogP contribution in [0, 0.1) is 0 Å². The Labute approximate surface area is 219 Å². The summed E-state index contributed by atoms with van der Waals surface area (Å²) in [5.41, 5.74) is 2.26. The number of carbonyl (C=O) groups is 1. The third-order valence-electron chi connectivity index (χ3n) is 5.67. The highest BCUT2D eigenvalue weighted by molar-refractivity contribution is 7.07. The van der Waals surface area contributed by atoms with Crippen LogP contribution in [0.25, 0.3) is 17.4 Å². The van der Waals surface area contributed by atoms with Gasteiger partial charge in [-0.2, -0.15) is 0 Å². The number of fused-ring (bicyclic) bond motifs is 1. The maximum atomic E-state index is 13.6. The Kier molecular flexibility index (Phi) is 6.32. The van der Waals surface area contributed by atoms with Crippen LogP contribution in [0.3, 0.4) is 0 Å². The van der Waals surface area contributed by atoms with Gasteiger partial charge in [0.1, 0.15) is 17.6 Å². The molecule has 0 aliphatic carbocycles. The molecule has 0 spiro atoms. The number of aromatic nitrogens is 1. The molecule has 2 aromatic heterocycles. The predicted molar refractivity (Wildman–Crippen MR) is 140 cm³/mol. The lowest BCUT2D eigenvalue weighted by Gasteiger charge is -2.22. The Morgan fingerprint density at radius 3 is 2.49 bits per heavy atom. The summed E-state index contributed by atoms with van der Waals surface area (Å²) in [7, 11) is 0. The molecule has 0 bridgehead atoms. The minimum absolute atomic E-state index is 0.185. The van der Waals surface area contributed by atoms with Crippen LogP contribution in [-0.2, 0) is 4.79 Å². The third kappa shape index (κ3) is 4.43. The fourth-order valence-corrected chi connectivity index (χ4v) is 5.53. The summed E-state index contributed by atoms with van der Waals surface area (Å²) in [5, 5.41) is 1.45. The van der Waals surface area contributed by atoms with Gasteiger partial charge in [-0.25, -0.2) is 4.99 Å². The number of nitrogens with zero attached hydrogens (tertiary/aromatic N) is 2. The molecule has 4 aromatic rings. The van der Waals surface area contributed by atoms with E-state index in [1.807, 2.05) is 12.1 Å². The Hall–Kier alpha value is -2.90. The summed E-state index contributed by atoms with van der Waals surface area (Å²) in [6.45, 7) is 3.23. The van der Waals surface area contributed by atoms with Gasteiger partial charge in [-0.3, -0.25) is 14.2 Å². The van der Waals surface area contributed by atoms with Crippen LogP contribution in [0.4, 0.5) is 0 Å². The number of thiazole rings is 1. The number of hydrogen-bond donors (Lipinski definition) is 0. The number of halogens is 3. The van der Waals surface area contributed by atoms with E-state index in [1.54, 1.807) is 55.5 Å². The molecule has 0 saturated carbocycles. The van der Waals surface area contributed by atoms with Crippen molar-refractivity contribution in [3.63, 3.8) is 0 Å². The Morgan fingerprint density at radius 1 is 1.06 bits per heavy atom. The zero-order chi connectivity index (χ0) is 24.9. The minimum Gasteiger partial charge on any atom is -0.458 e. The first-order valence-electron chi connectivity index (χ1n) is 10.6. The van der Waals surface area contributed by atoms with E-state index in [0.29, 0.717) is 47.2 Å². The summed E-state index contributed by atoms with van der Waals surface area (Å²) in [4.78, 5) is 31.3. The Balaban J connectivity index is 1.68. The molecule has 5 nitrogen and oxygen atoms in total. The van der Waals surface area contributed by atoms with Gasteiger partial charge in [-0.15, -0.1) is 0 Å². The normalized spacial score (nSPS) is 15.8. The molecule has 2 aromatic carbocycles. The van der Waals surface area contributed by atoms with Crippen LogP contribution >= 0.6 is 46.1 Å². The second-order valence-electron chi connectivity index (χ2n) is 8.02. The van der Waals surface area contributed by atoms with Crippen LogP contribution in [0.5, 0.6) is 0 Å². The van der Waals surface area contributed by atoms with Crippen LogP contribution in [-0.4, -0.2) is 10.4 Å². The van der Waals surface area contributed by atoms with E-state index in [2.05, 4.69) is 4.99 Å². The molecule has 35 heavy (non-hydrogen) atoms. The van der Waals surface area contributed by atoms with Gasteiger partial charge in [0, 0.05) is 21.9 Å². The largest absolute Gasteiger partial charge is 0.458 e. The predicted octanol–water partition coefficient (Wildman–Crippen LogP) is 6.04. The first-order chi connectivity index (χ1) is 16.7. The van der Waals surface area contributed by atoms with Crippen LogP contribution < -0.4 is 14.9 Å². The molecule has 0 amide bonds. The van der Waals surface area contributed by atoms with Gasteiger partial charge in [0.2, 0.25) is 0 Å². The van der Waals surface area contributed by atoms with E-state index >= 15 is 0 Å². The van der Waals surface area contributed by atoms with E-state index < -0.39 is 6.04 Å². The second-order valence-corrected chi connectivity index (χ2v) is 10.3. The fourth-order valence-electron chi connectivity index (χ4n) is 4.05. The Bertz CT molecular complexity index is 1690. The quantitative estimate of drug-likeness (QED) is 0.315. The lowest BCUT2D eigenvalue weighted by atomic mass is 9.98. The lowest BCUT2D eigenvalue weighted by molar-refractivity contribution is -0.114. The van der Waals surface area contributed by atoms with Crippen LogP contribution in [0.2, 0.25) is 15.1 Å². The molecular weight excluding hydrogens is 527 g/mol. The summed E-state index contributed by atoms with van der Waals surface area (Å²) < 4.78 is 8.19. The molecule has 0 saturated heterocycles. The monoisotopic (exact) mass is 542 g/mol. The van der Waals surface area contributed by atoms with Crippen molar-refractivity contribution in [3.05, 3.63) is 112 Å². The average molecular weight is 544 g/mol. The van der Waals surface area contributed by atoms with Gasteiger partial charge in [0.25, 0.3) is 5.56 Å². The molecule has 1 atom stereocenters. The fraction of sp³-hybridized carbons (Fsp3) is 0.115. The highest BCUT2D eigenvalue weighted by atomic mass is 35.5. The minimum atomic E-state index is -0.743. The number of rotatable bonds is 4. The van der Waals surface area contributed by atoms with Crippen molar-refractivity contribution in [2.75, 3.05) is 0 Å². The smallest absolute Gasteiger partial charge is 0.271 e. The van der Waals surface area contributed by atoms with Gasteiger partial charge in [0.05, 0.1) is 14.6 Å². The number of carbonyl (C=O) groups excluding carboxylic acids is 1. The number of furan rings is 1. The average Bonchev–Trinajstić information content (AvgIpc) is 3.41. The van der Waals surface area contributed by atoms with E-state index in [1.165, 1.54) is 22.8 Å². The van der Waals surface area contributed by atoms with Crippen molar-refractivity contribution in [1.82, 2.24) is 4.57 Å². The van der Waals surface area contributed by atoms with Crippen molar-refractivity contribution < 1.29 is 9.21 Å². The van der Waals surface area contributed by atoms with Crippen molar-refractivity contribution in [1.29, 1.82) is 0 Å². The maximum absolute atomic E-state index is 13.6. The van der Waals surface area contributed by atoms with Gasteiger partial charge in [0.15, 0.2) is 10.6 Å². The van der Waals surface area contributed by atoms with Gasteiger partial charge in [-0.05, 0) is 68.0 Å². The molecule has 0 radical (unpaired) electrons. The van der Waals surface area contributed by atoms with Gasteiger partial charge < -0.3 is 4.42 Å². The summed E-state index contributed by atoms with van der Waals surface area (Å²) in [6.07, 6.45) is 1.78. The Morgan fingerprint density at radius 2 is 1.80 bits per heavy atom. The zero-order valence-electron chi connectivity index (χ0n) is 18.5. The van der Waals surface area contributed by atoms with E-state index in [4.69, 9.17) is 39.2 Å². The number of hydrogen-bond acceptors (Lipinski definition) is 5. The molecule has 1 aliphatic heterocycles. The topological polar surface area (TPSA) is 64.6 Å². The molecule has 0 N–H and O–H groups in total. The zero-order valence-corrected chi connectivity index (χ0v) is 21.6. The number of benzene rings is 2. The standard InChI is InChI=1S/C26H17Cl3N2O3S/c1-13-23(14(2)32)24(21-10-9-20(34-21)16-5-8-18(28)19(29)12-16)31-25(33)22(35-26(31)30-13)11-15-3-6-17(27)7-4-15/h3-12,24H,1-2H3/b22-11+/t24-/m1/s1. The van der Waals surface area contributed by atoms with Crippen molar-refractivity contribution in [3.8, 4) is 11.3 Å². The molecule has 0 fully saturated rings. The highest BCUT2D eigenvalue weighted by Crippen LogP contribution is 2.35. The van der Waals surface area contributed by atoms with Crippen molar-refractivity contribution in [2.24, 2.45) is 4.99 Å². The summed E-state index contributed by atoms with van der Waals surface area (Å²) in [6, 6.07) is 15.2. The number of allylic oxidation sites excluding steroid dienone is 2.